The fourth-order valence-corrected chi connectivity index (χ4v) is 12.1. The Morgan fingerprint density at radius 1 is 0.263 bits per heavy atom. The van der Waals surface area contributed by atoms with Crippen molar-refractivity contribution in [1.29, 1.82) is 0 Å². The van der Waals surface area contributed by atoms with E-state index in [1.165, 1.54) is 204 Å². The van der Waals surface area contributed by atoms with E-state index in [0.717, 1.165) is 0 Å². The Morgan fingerprint density at radius 2 is 0.421 bits per heavy atom. The van der Waals surface area contributed by atoms with E-state index in [9.17, 15) is 4.89 Å². The van der Waals surface area contributed by atoms with Gasteiger partial charge >= 0.3 is 205 Å². The van der Waals surface area contributed by atoms with Gasteiger partial charge in [0, 0.05) is 0 Å². The quantitative estimate of drug-likeness (QED) is 0.0645. The number of hydrogen-bond donors (Lipinski definition) is 1. The molecule has 0 aromatic rings. The number of unbranched alkanes of at least 4 members (excludes halogenated alkanes) is 24. The third-order valence-electron chi connectivity index (χ3n) is 9.34. The molecular formula is C36H77OP. The topological polar surface area (TPSA) is 20.2 Å². The summed E-state index contributed by atoms with van der Waals surface area (Å²) in [6.07, 6.45) is 43.3. The van der Waals surface area contributed by atoms with E-state index in [4.69, 9.17) is 0 Å². The summed E-state index contributed by atoms with van der Waals surface area (Å²) in [5.41, 5.74) is 0. The molecule has 0 amide bonds. The summed E-state index contributed by atoms with van der Waals surface area (Å²) >= 11 is 0. The molecule has 0 unspecified atom stereocenters. The fourth-order valence-electron chi connectivity index (χ4n) is 6.57. The summed E-state index contributed by atoms with van der Waals surface area (Å²) in [6, 6.07) is 0. The fraction of sp³-hybridized carbons (Fsp3) is 1.00. The van der Waals surface area contributed by atoms with Gasteiger partial charge in [0.05, 0.1) is 0 Å². The Bertz CT molecular complexity index is 428. The molecule has 0 heterocycles. The van der Waals surface area contributed by atoms with Gasteiger partial charge in [-0.2, -0.15) is 0 Å². The van der Waals surface area contributed by atoms with Crippen LogP contribution in [0.4, 0.5) is 0 Å². The van der Waals surface area contributed by atoms with Crippen LogP contribution in [-0.2, 0) is 0 Å². The van der Waals surface area contributed by atoms with E-state index in [0.29, 0.717) is 0 Å². The van der Waals surface area contributed by atoms with E-state index in [1.54, 1.807) is 0 Å². The van der Waals surface area contributed by atoms with Gasteiger partial charge in [0.1, 0.15) is 0 Å². The van der Waals surface area contributed by atoms with Crippen molar-refractivity contribution < 1.29 is 4.89 Å². The minimum atomic E-state index is -2.55. The Hall–Kier alpha value is 0.390. The molecule has 1 N–H and O–H groups in total. The van der Waals surface area contributed by atoms with Gasteiger partial charge in [-0.25, -0.2) is 0 Å². The molecule has 0 spiro atoms. The summed E-state index contributed by atoms with van der Waals surface area (Å²) in [4.78, 5) is 12.6. The normalized spacial score (nSPS) is 13.1. The first kappa shape index (κ1) is 38.4. The van der Waals surface area contributed by atoms with Gasteiger partial charge in [0.25, 0.3) is 0 Å². The van der Waals surface area contributed by atoms with Gasteiger partial charge in [-0.15, -0.1) is 0 Å². The van der Waals surface area contributed by atoms with Crippen molar-refractivity contribution in [2.24, 2.45) is 0 Å². The summed E-state index contributed by atoms with van der Waals surface area (Å²) in [5, 5.41) is 0. The molecule has 0 bridgehead atoms. The summed E-state index contributed by atoms with van der Waals surface area (Å²) in [6.45, 7) is 6.69. The average Bonchev–Trinajstić information content (AvgIpc) is 2.92. The van der Waals surface area contributed by atoms with Crippen LogP contribution >= 0.6 is 6.83 Å². The Kier molecular flexibility index (Phi) is 27.8. The maximum absolute atomic E-state index is 12.6. The van der Waals surface area contributed by atoms with Gasteiger partial charge < -0.3 is 0 Å². The average molecular weight is 557 g/mol. The molecule has 0 aromatic heterocycles. The van der Waals surface area contributed by atoms with Crippen molar-refractivity contribution in [3.63, 3.8) is 0 Å². The maximum atomic E-state index is 12.6. The summed E-state index contributed by atoms with van der Waals surface area (Å²) in [5.74, 6) is 0. The zero-order valence-corrected chi connectivity index (χ0v) is 28.4. The number of hydrogen-bond acceptors (Lipinski definition) is 1. The molecule has 232 valence electrons. The van der Waals surface area contributed by atoms with Crippen LogP contribution in [0.5, 0.6) is 0 Å². The molecule has 2 heteroatoms. The van der Waals surface area contributed by atoms with E-state index in [1.807, 2.05) is 0 Å². The molecule has 0 aromatic carbocycles. The van der Waals surface area contributed by atoms with Crippen molar-refractivity contribution in [3.8, 4) is 0 Å². The Labute approximate surface area is 243 Å². The molecule has 0 saturated heterocycles. The molecule has 0 saturated carbocycles. The van der Waals surface area contributed by atoms with Crippen LogP contribution in [0.1, 0.15) is 207 Å². The van der Waals surface area contributed by atoms with Crippen LogP contribution in [0.15, 0.2) is 0 Å². The van der Waals surface area contributed by atoms with Crippen LogP contribution < -0.4 is 0 Å². The van der Waals surface area contributed by atoms with Crippen molar-refractivity contribution >= 4 is 6.83 Å². The molecule has 0 fully saturated rings. The van der Waals surface area contributed by atoms with Crippen molar-refractivity contribution in [2.75, 3.05) is 24.6 Å². The first-order chi connectivity index (χ1) is 18.5. The molecule has 0 rings (SSSR count). The summed E-state index contributed by atoms with van der Waals surface area (Å²) in [7, 11) is 0. The first-order valence-electron chi connectivity index (χ1n) is 18.3. The molecule has 1 nitrogen and oxygen atoms in total. The zero-order valence-electron chi connectivity index (χ0n) is 27.5. The van der Waals surface area contributed by atoms with Gasteiger partial charge in [0.2, 0.25) is 0 Å². The van der Waals surface area contributed by atoms with E-state index < -0.39 is 6.83 Å². The third kappa shape index (κ3) is 23.1. The van der Waals surface area contributed by atoms with Crippen LogP contribution in [0.2, 0.25) is 0 Å². The summed E-state index contributed by atoms with van der Waals surface area (Å²) < 4.78 is 0. The van der Waals surface area contributed by atoms with Gasteiger partial charge in [-0.3, -0.25) is 0 Å². The Morgan fingerprint density at radius 3 is 0.632 bits per heavy atom. The molecule has 0 aliphatic heterocycles. The second-order valence-electron chi connectivity index (χ2n) is 13.3. The van der Waals surface area contributed by atoms with Gasteiger partial charge in [-0.1, -0.05) is 39.0 Å². The van der Waals surface area contributed by atoms with Crippen LogP contribution in [0, 0.1) is 0 Å². The van der Waals surface area contributed by atoms with E-state index in [2.05, 4.69) is 27.7 Å². The second-order valence-corrected chi connectivity index (χ2v) is 18.9. The van der Waals surface area contributed by atoms with Crippen molar-refractivity contribution in [1.82, 2.24) is 0 Å². The predicted octanol–water partition coefficient (Wildman–Crippen LogP) is 13.4. The third-order valence-corrected chi connectivity index (χ3v) is 15.2. The minimum absolute atomic E-state index is 1.18. The molecule has 0 atom stereocenters. The Balaban J connectivity index is 4.32. The van der Waals surface area contributed by atoms with Crippen molar-refractivity contribution in [3.05, 3.63) is 0 Å². The van der Waals surface area contributed by atoms with Crippen LogP contribution in [0.3, 0.4) is 0 Å². The monoisotopic (exact) mass is 557 g/mol. The SMILES string of the molecule is CCCCCCCCCCCCCCCCCCP(O)(CCCCCC)(CCCCCC)CCCCCC. The molecule has 0 radical (unpaired) electrons. The standard InChI is InChI=1S/C36H77OP/c1-5-9-13-17-18-19-20-21-22-23-24-25-26-27-28-32-36-38(37,33-29-14-10-6-2,34-30-15-11-7-3)35-31-16-12-8-4/h37H,5-36H2,1-4H3. The van der Waals surface area contributed by atoms with E-state index >= 15 is 0 Å². The molecule has 38 heavy (non-hydrogen) atoms. The zero-order chi connectivity index (χ0) is 28.1. The van der Waals surface area contributed by atoms with Crippen molar-refractivity contribution in [2.45, 2.75) is 207 Å². The van der Waals surface area contributed by atoms with Gasteiger partial charge in [0.15, 0.2) is 0 Å². The molecule has 0 aliphatic rings. The van der Waals surface area contributed by atoms with Crippen LogP contribution in [0.25, 0.3) is 0 Å². The number of rotatable bonds is 32. The molecular weight excluding hydrogens is 479 g/mol. The molecule has 0 aliphatic carbocycles. The van der Waals surface area contributed by atoms with Gasteiger partial charge in [-0.05, 0) is 0 Å². The second kappa shape index (κ2) is 27.6. The van der Waals surface area contributed by atoms with Crippen LogP contribution in [-0.4, -0.2) is 29.5 Å². The first-order valence-corrected chi connectivity index (χ1v) is 21.2. The van der Waals surface area contributed by atoms with E-state index in [-0.39, 0.29) is 0 Å². The predicted molar refractivity (Wildman–Crippen MR) is 181 cm³/mol.